The lowest BCUT2D eigenvalue weighted by Crippen LogP contribution is -2.13. The molecule has 0 atom stereocenters. The number of oxime groups is 1. The second-order valence-electron chi connectivity index (χ2n) is 6.02. The number of rotatable bonds is 4. The van der Waals surface area contributed by atoms with Gasteiger partial charge in [0.2, 0.25) is 0 Å². The molecule has 0 aliphatic carbocycles. The molecule has 148 valence electrons. The van der Waals surface area contributed by atoms with E-state index in [1.54, 1.807) is 0 Å². The minimum absolute atomic E-state index is 0.0306. The van der Waals surface area contributed by atoms with Gasteiger partial charge in [-0.05, 0) is 44.0 Å². The summed E-state index contributed by atoms with van der Waals surface area (Å²) in [5.41, 5.74) is 0.0628. The van der Waals surface area contributed by atoms with E-state index in [1.165, 1.54) is 40.0 Å². The number of nitrogens with zero attached hydrogens (tertiary/aromatic N) is 1. The van der Waals surface area contributed by atoms with Crippen molar-refractivity contribution in [3.8, 4) is 23.0 Å². The van der Waals surface area contributed by atoms with Crippen molar-refractivity contribution in [2.45, 2.75) is 20.8 Å². The molecule has 2 aromatic rings. The van der Waals surface area contributed by atoms with Crippen molar-refractivity contribution in [1.29, 1.82) is 0 Å². The minimum atomic E-state index is -0.977. The Morgan fingerprint density at radius 2 is 1.54 bits per heavy atom. The Morgan fingerprint density at radius 3 is 2.11 bits per heavy atom. The van der Waals surface area contributed by atoms with Crippen LogP contribution < -0.4 is 4.74 Å². The molecule has 0 fully saturated rings. The first-order chi connectivity index (χ1) is 13.1. The van der Waals surface area contributed by atoms with E-state index in [2.05, 4.69) is 9.89 Å². The average Bonchev–Trinajstić information content (AvgIpc) is 2.62. The van der Waals surface area contributed by atoms with Crippen LogP contribution in [0.25, 0.3) is 0 Å². The summed E-state index contributed by atoms with van der Waals surface area (Å²) in [5, 5.41) is 41.8. The van der Waals surface area contributed by atoms with Crippen LogP contribution in [0.3, 0.4) is 0 Å². The highest BCUT2D eigenvalue weighted by Crippen LogP contribution is 2.36. The van der Waals surface area contributed by atoms with Crippen LogP contribution in [0.15, 0.2) is 17.3 Å². The van der Waals surface area contributed by atoms with Crippen molar-refractivity contribution in [3.05, 3.63) is 45.5 Å². The zero-order valence-electron chi connectivity index (χ0n) is 15.6. The van der Waals surface area contributed by atoms with Gasteiger partial charge in [0.25, 0.3) is 0 Å². The van der Waals surface area contributed by atoms with Gasteiger partial charge in [0.1, 0.15) is 34.1 Å². The Hall–Kier alpha value is -3.75. The predicted molar refractivity (Wildman–Crippen MR) is 97.8 cm³/mol. The van der Waals surface area contributed by atoms with E-state index < -0.39 is 29.2 Å². The normalized spacial score (nSPS) is 10.9. The first kappa shape index (κ1) is 20.6. The Balaban J connectivity index is 2.52. The summed E-state index contributed by atoms with van der Waals surface area (Å²) in [5.74, 6) is -3.17. The third kappa shape index (κ3) is 3.54. The summed E-state index contributed by atoms with van der Waals surface area (Å²) in [4.78, 5) is 24.4. The molecule has 0 aliphatic heterocycles. The van der Waals surface area contributed by atoms with Gasteiger partial charge in [-0.2, -0.15) is 0 Å². The summed E-state index contributed by atoms with van der Waals surface area (Å²) in [7, 11) is 1.17. The van der Waals surface area contributed by atoms with E-state index in [1.807, 2.05) is 0 Å². The van der Waals surface area contributed by atoms with Crippen LogP contribution >= 0.6 is 0 Å². The third-order valence-corrected chi connectivity index (χ3v) is 4.20. The van der Waals surface area contributed by atoms with Crippen molar-refractivity contribution >= 4 is 18.2 Å². The standard InChI is InChI=1S/C19H19NO8/c1-8-5-12(21)11(7-20-26)17(23)15(8)19(25)28-13-6-9(2)14(18(24)27-4)16(22)10(13)3/h5-7,21-23,26H,1-4H3/b20-7-. The van der Waals surface area contributed by atoms with Crippen LogP contribution in [0, 0.1) is 20.8 Å². The maximum Gasteiger partial charge on any atom is 0.347 e. The van der Waals surface area contributed by atoms with Crippen molar-refractivity contribution in [1.82, 2.24) is 0 Å². The quantitative estimate of drug-likeness (QED) is 0.205. The molecule has 0 spiro atoms. The molecular weight excluding hydrogens is 370 g/mol. The van der Waals surface area contributed by atoms with Crippen LogP contribution in [0.1, 0.15) is 43.0 Å². The van der Waals surface area contributed by atoms with Gasteiger partial charge in [0.05, 0.1) is 18.9 Å². The van der Waals surface area contributed by atoms with E-state index in [0.717, 1.165) is 6.21 Å². The molecule has 0 radical (unpaired) electrons. The van der Waals surface area contributed by atoms with Gasteiger partial charge in [-0.15, -0.1) is 0 Å². The summed E-state index contributed by atoms with van der Waals surface area (Å²) in [6.07, 6.45) is 0.771. The maximum absolute atomic E-state index is 12.6. The van der Waals surface area contributed by atoms with Gasteiger partial charge < -0.3 is 30.0 Å². The Labute approximate surface area is 160 Å². The van der Waals surface area contributed by atoms with Gasteiger partial charge in [0, 0.05) is 5.56 Å². The zero-order chi connectivity index (χ0) is 21.2. The summed E-state index contributed by atoms with van der Waals surface area (Å²) < 4.78 is 9.92. The Kier molecular flexibility index (Phi) is 5.78. The van der Waals surface area contributed by atoms with Gasteiger partial charge >= 0.3 is 11.9 Å². The topological polar surface area (TPSA) is 146 Å². The fourth-order valence-corrected chi connectivity index (χ4v) is 2.73. The van der Waals surface area contributed by atoms with Crippen molar-refractivity contribution in [2.24, 2.45) is 5.16 Å². The van der Waals surface area contributed by atoms with Crippen LogP contribution in [0.5, 0.6) is 23.0 Å². The molecule has 2 aromatic carbocycles. The highest BCUT2D eigenvalue weighted by atomic mass is 16.5. The molecule has 0 heterocycles. The average molecular weight is 389 g/mol. The summed E-state index contributed by atoms with van der Waals surface area (Å²) >= 11 is 0. The molecule has 0 saturated heterocycles. The number of aryl methyl sites for hydroxylation is 2. The second kappa shape index (κ2) is 7.87. The van der Waals surface area contributed by atoms with Crippen LogP contribution in [0.4, 0.5) is 0 Å². The molecule has 0 saturated carbocycles. The molecule has 0 amide bonds. The molecule has 9 nitrogen and oxygen atoms in total. The number of benzene rings is 2. The highest BCUT2D eigenvalue weighted by molar-refractivity contribution is 6.01. The molecule has 0 aliphatic rings. The minimum Gasteiger partial charge on any atom is -0.507 e. The number of esters is 2. The fourth-order valence-electron chi connectivity index (χ4n) is 2.73. The largest absolute Gasteiger partial charge is 0.507 e. The molecule has 28 heavy (non-hydrogen) atoms. The molecular formula is C19H19NO8. The Morgan fingerprint density at radius 1 is 0.964 bits per heavy atom. The number of methoxy groups -OCH3 is 1. The number of phenolic OH excluding ortho intramolecular Hbond substituents is 3. The van der Waals surface area contributed by atoms with Crippen molar-refractivity contribution < 1.29 is 39.6 Å². The number of hydrogen-bond donors (Lipinski definition) is 4. The fraction of sp³-hybridized carbons (Fsp3) is 0.211. The molecule has 0 unspecified atom stereocenters. The number of ether oxygens (including phenoxy) is 2. The van der Waals surface area contributed by atoms with Crippen LogP contribution in [-0.4, -0.2) is 45.8 Å². The SMILES string of the molecule is COC(=O)c1c(C)cc(OC(=O)c2c(C)cc(O)c(/C=N\O)c2O)c(C)c1O. The third-order valence-electron chi connectivity index (χ3n) is 4.20. The number of aromatic hydroxyl groups is 3. The lowest BCUT2D eigenvalue weighted by atomic mass is 10.0. The van der Waals surface area contributed by atoms with E-state index in [0.29, 0.717) is 5.56 Å². The van der Waals surface area contributed by atoms with E-state index >= 15 is 0 Å². The number of carbonyl (C=O) groups excluding carboxylic acids is 2. The second-order valence-corrected chi connectivity index (χ2v) is 6.02. The number of carbonyl (C=O) groups is 2. The van der Waals surface area contributed by atoms with Gasteiger partial charge in [-0.3, -0.25) is 0 Å². The van der Waals surface area contributed by atoms with Gasteiger partial charge in [-0.1, -0.05) is 5.16 Å². The zero-order valence-corrected chi connectivity index (χ0v) is 15.6. The highest BCUT2D eigenvalue weighted by Gasteiger charge is 2.25. The Bertz CT molecular complexity index is 994. The summed E-state index contributed by atoms with van der Waals surface area (Å²) in [6.45, 7) is 4.44. The van der Waals surface area contributed by atoms with Gasteiger partial charge in [-0.25, -0.2) is 9.59 Å². The molecule has 4 N–H and O–H groups in total. The van der Waals surface area contributed by atoms with Crippen LogP contribution in [0.2, 0.25) is 0 Å². The van der Waals surface area contributed by atoms with Gasteiger partial charge in [0.15, 0.2) is 0 Å². The predicted octanol–water partition coefficient (Wildman–Crippen LogP) is 2.54. The molecule has 0 aromatic heterocycles. The molecule has 9 heteroatoms. The summed E-state index contributed by atoms with van der Waals surface area (Å²) in [6, 6.07) is 2.57. The lowest BCUT2D eigenvalue weighted by molar-refractivity contribution is 0.0596. The monoisotopic (exact) mass is 389 g/mol. The first-order valence-electron chi connectivity index (χ1n) is 8.00. The number of hydrogen-bond acceptors (Lipinski definition) is 9. The molecule has 2 rings (SSSR count). The van der Waals surface area contributed by atoms with E-state index in [-0.39, 0.29) is 33.6 Å². The lowest BCUT2D eigenvalue weighted by Gasteiger charge is -2.15. The van der Waals surface area contributed by atoms with Crippen molar-refractivity contribution in [3.63, 3.8) is 0 Å². The number of phenols is 3. The smallest absolute Gasteiger partial charge is 0.347 e. The first-order valence-corrected chi connectivity index (χ1v) is 8.00. The van der Waals surface area contributed by atoms with E-state index in [4.69, 9.17) is 9.94 Å². The van der Waals surface area contributed by atoms with Crippen LogP contribution in [-0.2, 0) is 4.74 Å². The van der Waals surface area contributed by atoms with Crippen molar-refractivity contribution in [2.75, 3.05) is 7.11 Å². The van der Waals surface area contributed by atoms with E-state index in [9.17, 15) is 24.9 Å². The maximum atomic E-state index is 12.6. The molecule has 0 bridgehead atoms.